The molecule has 0 radical (unpaired) electrons. The van der Waals surface area contributed by atoms with Crippen molar-refractivity contribution in [3.05, 3.63) is 64.9 Å². The van der Waals surface area contributed by atoms with Crippen LogP contribution in [0.1, 0.15) is 18.9 Å². The maximum atomic E-state index is 13.3. The molecule has 0 aliphatic heterocycles. The normalized spacial score (nSPS) is 13.5. The van der Waals surface area contributed by atoms with E-state index in [1.54, 1.807) is 37.3 Å². The molecule has 0 saturated heterocycles. The monoisotopic (exact) mass is 307 g/mol. The molecule has 0 bridgehead atoms. The summed E-state index contributed by atoms with van der Waals surface area (Å²) < 4.78 is 13.3. The van der Waals surface area contributed by atoms with Gasteiger partial charge in [-0.05, 0) is 42.3 Å². The van der Waals surface area contributed by atoms with E-state index < -0.39 is 17.3 Å². The third-order valence-corrected chi connectivity index (χ3v) is 3.63. The largest absolute Gasteiger partial charge is 0.479 e. The van der Waals surface area contributed by atoms with Crippen molar-refractivity contribution in [2.45, 2.75) is 18.9 Å². The highest BCUT2D eigenvalue weighted by molar-refractivity contribution is 6.30. The summed E-state index contributed by atoms with van der Waals surface area (Å²) in [6.45, 7) is 1.75. The third-order valence-electron chi connectivity index (χ3n) is 3.40. The number of rotatable bonds is 5. The Morgan fingerprint density at radius 3 is 2.57 bits per heavy atom. The number of anilines is 1. The molecule has 1 unspecified atom stereocenters. The van der Waals surface area contributed by atoms with Gasteiger partial charge < -0.3 is 10.4 Å². The lowest BCUT2D eigenvalue weighted by molar-refractivity contribution is -0.142. The molecule has 2 rings (SSSR count). The summed E-state index contributed by atoms with van der Waals surface area (Å²) in [5.41, 5.74) is -0.438. The average Bonchev–Trinajstić information content (AvgIpc) is 2.44. The predicted molar refractivity (Wildman–Crippen MR) is 81.1 cm³/mol. The van der Waals surface area contributed by atoms with E-state index in [1.165, 1.54) is 18.2 Å². The van der Waals surface area contributed by atoms with E-state index in [0.717, 1.165) is 0 Å². The van der Waals surface area contributed by atoms with Crippen molar-refractivity contribution in [2.75, 3.05) is 5.32 Å². The van der Waals surface area contributed by atoms with E-state index in [2.05, 4.69) is 5.32 Å². The number of hydrogen-bond acceptors (Lipinski definition) is 2. The van der Waals surface area contributed by atoms with Crippen molar-refractivity contribution in [2.24, 2.45) is 0 Å². The maximum absolute atomic E-state index is 13.3. The third kappa shape index (κ3) is 3.16. The van der Waals surface area contributed by atoms with Crippen LogP contribution >= 0.6 is 11.6 Å². The maximum Gasteiger partial charge on any atom is 0.334 e. The Balaban J connectivity index is 2.49. The summed E-state index contributed by atoms with van der Waals surface area (Å²) >= 11 is 5.96. The molecule has 21 heavy (non-hydrogen) atoms. The first-order valence-electron chi connectivity index (χ1n) is 6.51. The fourth-order valence-corrected chi connectivity index (χ4v) is 2.45. The van der Waals surface area contributed by atoms with Gasteiger partial charge >= 0.3 is 5.97 Å². The van der Waals surface area contributed by atoms with Gasteiger partial charge in [-0.15, -0.1) is 0 Å². The van der Waals surface area contributed by atoms with Gasteiger partial charge in [0.1, 0.15) is 5.82 Å². The van der Waals surface area contributed by atoms with Gasteiger partial charge in [0.2, 0.25) is 0 Å². The van der Waals surface area contributed by atoms with Crippen LogP contribution in [-0.2, 0) is 10.3 Å². The molecule has 0 aromatic heterocycles. The highest BCUT2D eigenvalue weighted by Crippen LogP contribution is 2.32. The number of carboxylic acids is 1. The van der Waals surface area contributed by atoms with Gasteiger partial charge in [0.25, 0.3) is 0 Å². The number of aliphatic carboxylic acids is 1. The van der Waals surface area contributed by atoms with Crippen molar-refractivity contribution in [1.29, 1.82) is 0 Å². The molecule has 2 aromatic carbocycles. The van der Waals surface area contributed by atoms with Gasteiger partial charge in [-0.2, -0.15) is 0 Å². The van der Waals surface area contributed by atoms with E-state index in [9.17, 15) is 14.3 Å². The molecule has 0 spiro atoms. The lowest BCUT2D eigenvalue weighted by Crippen LogP contribution is -2.43. The molecule has 2 aromatic rings. The molecule has 3 nitrogen and oxygen atoms in total. The van der Waals surface area contributed by atoms with Gasteiger partial charge in [0.05, 0.1) is 0 Å². The van der Waals surface area contributed by atoms with E-state index in [0.29, 0.717) is 16.3 Å². The summed E-state index contributed by atoms with van der Waals surface area (Å²) in [5.74, 6) is -1.47. The molecule has 0 amide bonds. The first-order chi connectivity index (χ1) is 9.98. The zero-order chi connectivity index (χ0) is 15.5. The molecule has 1 atom stereocenters. The minimum atomic E-state index is -1.36. The highest BCUT2D eigenvalue weighted by atomic mass is 35.5. The minimum Gasteiger partial charge on any atom is -0.479 e. The zero-order valence-corrected chi connectivity index (χ0v) is 12.2. The molecule has 0 aliphatic rings. The summed E-state index contributed by atoms with van der Waals surface area (Å²) in [7, 11) is 0. The van der Waals surface area contributed by atoms with E-state index in [-0.39, 0.29) is 6.42 Å². The fourth-order valence-electron chi connectivity index (χ4n) is 2.26. The molecule has 0 fully saturated rings. The van der Waals surface area contributed by atoms with Crippen LogP contribution < -0.4 is 5.32 Å². The van der Waals surface area contributed by atoms with Gasteiger partial charge in [0, 0.05) is 10.7 Å². The smallest absolute Gasteiger partial charge is 0.334 e. The SMILES string of the molecule is CCC(Nc1cccc(F)c1)(C(=O)O)c1cccc(Cl)c1. The highest BCUT2D eigenvalue weighted by Gasteiger charge is 2.39. The Kier molecular flexibility index (Phi) is 4.48. The van der Waals surface area contributed by atoms with Gasteiger partial charge in [-0.3, -0.25) is 0 Å². The second kappa shape index (κ2) is 6.14. The lowest BCUT2D eigenvalue weighted by Gasteiger charge is -2.31. The second-order valence-corrected chi connectivity index (χ2v) is 5.15. The van der Waals surface area contributed by atoms with Crippen LogP contribution in [0.5, 0.6) is 0 Å². The van der Waals surface area contributed by atoms with Crippen LogP contribution in [0.3, 0.4) is 0 Å². The Bertz CT molecular complexity index is 662. The molecular formula is C16H15ClFNO2. The topological polar surface area (TPSA) is 49.3 Å². The molecule has 0 aliphatic carbocycles. The molecule has 0 heterocycles. The first-order valence-corrected chi connectivity index (χ1v) is 6.89. The van der Waals surface area contributed by atoms with E-state index in [1.807, 2.05) is 0 Å². The molecule has 5 heteroatoms. The predicted octanol–water partition coefficient (Wildman–Crippen LogP) is 4.28. The van der Waals surface area contributed by atoms with Gasteiger partial charge in [0.15, 0.2) is 5.54 Å². The fraction of sp³-hybridized carbons (Fsp3) is 0.188. The minimum absolute atomic E-state index is 0.277. The van der Waals surface area contributed by atoms with Crippen molar-refractivity contribution in [3.8, 4) is 0 Å². The molecule has 2 N–H and O–H groups in total. The number of carbonyl (C=O) groups is 1. The molecule has 110 valence electrons. The van der Waals surface area contributed by atoms with Crippen LogP contribution in [-0.4, -0.2) is 11.1 Å². The number of halogens is 2. The second-order valence-electron chi connectivity index (χ2n) is 4.71. The summed E-state index contributed by atoms with van der Waals surface area (Å²) in [6.07, 6.45) is 0.277. The number of hydrogen-bond donors (Lipinski definition) is 2. The van der Waals surface area contributed by atoms with E-state index in [4.69, 9.17) is 11.6 Å². The number of carboxylic acid groups (broad SMARTS) is 1. The summed E-state index contributed by atoms with van der Waals surface area (Å²) in [4.78, 5) is 11.9. The van der Waals surface area contributed by atoms with Crippen molar-refractivity contribution >= 4 is 23.3 Å². The van der Waals surface area contributed by atoms with Crippen molar-refractivity contribution in [1.82, 2.24) is 0 Å². The van der Waals surface area contributed by atoms with Gasteiger partial charge in [-0.1, -0.05) is 36.7 Å². The Hall–Kier alpha value is -2.07. The van der Waals surface area contributed by atoms with E-state index >= 15 is 0 Å². The quantitative estimate of drug-likeness (QED) is 0.866. The van der Waals surface area contributed by atoms with Crippen LogP contribution in [0.2, 0.25) is 5.02 Å². The first kappa shape index (κ1) is 15.3. The van der Waals surface area contributed by atoms with Crippen LogP contribution in [0.15, 0.2) is 48.5 Å². The molecular weight excluding hydrogens is 293 g/mol. The Morgan fingerprint density at radius 2 is 2.00 bits per heavy atom. The van der Waals surface area contributed by atoms with Crippen LogP contribution in [0.4, 0.5) is 10.1 Å². The van der Waals surface area contributed by atoms with Crippen molar-refractivity contribution in [3.63, 3.8) is 0 Å². The van der Waals surface area contributed by atoms with Crippen LogP contribution in [0, 0.1) is 5.82 Å². The summed E-state index contributed by atoms with van der Waals surface area (Å²) in [5, 5.41) is 13.1. The number of nitrogens with one attached hydrogen (secondary N) is 1. The lowest BCUT2D eigenvalue weighted by atomic mass is 9.87. The van der Waals surface area contributed by atoms with Gasteiger partial charge in [-0.25, -0.2) is 9.18 Å². The Labute approximate surface area is 127 Å². The molecule has 0 saturated carbocycles. The zero-order valence-electron chi connectivity index (χ0n) is 11.4. The Morgan fingerprint density at radius 1 is 1.29 bits per heavy atom. The van der Waals surface area contributed by atoms with Crippen molar-refractivity contribution < 1.29 is 14.3 Å². The number of benzene rings is 2. The summed E-state index contributed by atoms with van der Waals surface area (Å²) in [6, 6.07) is 12.4. The van der Waals surface area contributed by atoms with Crippen LogP contribution in [0.25, 0.3) is 0 Å². The average molecular weight is 308 g/mol. The standard InChI is InChI=1S/C16H15ClFNO2/c1-2-16(15(20)21,11-5-3-6-12(17)9-11)19-14-8-4-7-13(18)10-14/h3-10,19H,2H2,1H3,(H,20,21).